The third-order valence-electron chi connectivity index (χ3n) is 6.55. The number of phenols is 1. The Balaban J connectivity index is 1.32. The summed E-state index contributed by atoms with van der Waals surface area (Å²) in [6.45, 7) is 3.81. The van der Waals surface area contributed by atoms with Crippen molar-refractivity contribution in [3.05, 3.63) is 76.5 Å². The third-order valence-corrected chi connectivity index (χ3v) is 6.55. The number of aromatic nitrogens is 1. The molecule has 33 heavy (non-hydrogen) atoms. The van der Waals surface area contributed by atoms with Crippen molar-refractivity contribution in [1.82, 2.24) is 4.98 Å². The molecule has 0 saturated heterocycles. The van der Waals surface area contributed by atoms with Gasteiger partial charge in [0.1, 0.15) is 24.0 Å². The number of pyridine rings is 1. The smallest absolute Gasteiger partial charge is 0.309 e. The lowest BCUT2D eigenvalue weighted by atomic mass is 9.97. The van der Waals surface area contributed by atoms with E-state index in [1.54, 1.807) is 26.1 Å². The van der Waals surface area contributed by atoms with E-state index >= 15 is 0 Å². The molecule has 0 spiro atoms. The second-order valence-corrected chi connectivity index (χ2v) is 8.60. The highest BCUT2D eigenvalue weighted by atomic mass is 19.1. The van der Waals surface area contributed by atoms with Crippen LogP contribution in [-0.4, -0.2) is 22.7 Å². The summed E-state index contributed by atoms with van der Waals surface area (Å²) < 4.78 is 39.9. The monoisotopic (exact) mass is 451 g/mol. The fraction of sp³-hybridized carbons (Fsp3) is 0.308. The summed E-state index contributed by atoms with van der Waals surface area (Å²) in [5.74, 6) is -0.632. The van der Waals surface area contributed by atoms with Gasteiger partial charge in [-0.15, -0.1) is 0 Å². The number of nitrogens with zero attached hydrogens (tertiary/aromatic N) is 1. The molecule has 1 N–H and O–H groups in total. The number of aromatic hydroxyl groups is 1. The Morgan fingerprint density at radius 2 is 1.97 bits per heavy atom. The topological polar surface area (TPSA) is 68.7 Å². The van der Waals surface area contributed by atoms with Gasteiger partial charge in [-0.25, -0.2) is 13.8 Å². The number of rotatable bonds is 6. The molecule has 1 aromatic heterocycles. The average Bonchev–Trinajstić information content (AvgIpc) is 3.36. The number of esters is 1. The quantitative estimate of drug-likeness (QED) is 0.530. The number of aryl methyl sites for hydroxylation is 1. The van der Waals surface area contributed by atoms with Crippen LogP contribution < -0.4 is 4.74 Å². The predicted molar refractivity (Wildman–Crippen MR) is 117 cm³/mol. The number of phenolic OH excluding ortho intramolecular Hbond substituents is 1. The molecule has 2 aliphatic carbocycles. The first-order valence-corrected chi connectivity index (χ1v) is 10.9. The van der Waals surface area contributed by atoms with Crippen LogP contribution in [-0.2, 0) is 22.6 Å². The van der Waals surface area contributed by atoms with E-state index in [1.165, 1.54) is 18.2 Å². The maximum absolute atomic E-state index is 14.6. The van der Waals surface area contributed by atoms with Crippen molar-refractivity contribution in [1.29, 1.82) is 0 Å². The number of hydrogen-bond acceptors (Lipinski definition) is 5. The summed E-state index contributed by atoms with van der Waals surface area (Å²) in [7, 11) is 0. The van der Waals surface area contributed by atoms with E-state index in [2.05, 4.69) is 4.98 Å². The third kappa shape index (κ3) is 3.81. The molecular weight excluding hydrogens is 428 g/mol. The maximum Gasteiger partial charge on any atom is 0.309 e. The summed E-state index contributed by atoms with van der Waals surface area (Å²) >= 11 is 0. The minimum atomic E-state index is -0.587. The highest BCUT2D eigenvalue weighted by molar-refractivity contribution is 5.79. The van der Waals surface area contributed by atoms with E-state index in [0.717, 1.165) is 23.6 Å². The lowest BCUT2D eigenvalue weighted by Gasteiger charge is -2.13. The number of hydrogen-bond donors (Lipinski definition) is 1. The van der Waals surface area contributed by atoms with Crippen LogP contribution in [0.1, 0.15) is 35.1 Å². The van der Waals surface area contributed by atoms with E-state index in [1.807, 2.05) is 6.07 Å². The molecule has 1 fully saturated rings. The first kappa shape index (κ1) is 21.4. The normalized spacial score (nSPS) is 20.2. The molecule has 1 unspecified atom stereocenters. The van der Waals surface area contributed by atoms with E-state index in [-0.39, 0.29) is 47.2 Å². The summed E-state index contributed by atoms with van der Waals surface area (Å²) in [6, 6.07) is 8.64. The molecule has 2 aromatic carbocycles. The maximum atomic E-state index is 14.6. The van der Waals surface area contributed by atoms with Gasteiger partial charge >= 0.3 is 5.97 Å². The van der Waals surface area contributed by atoms with Gasteiger partial charge < -0.3 is 14.6 Å². The van der Waals surface area contributed by atoms with Crippen LogP contribution in [0.25, 0.3) is 11.1 Å². The minimum absolute atomic E-state index is 0.0666. The number of benzene rings is 2. The first-order valence-electron chi connectivity index (χ1n) is 10.9. The van der Waals surface area contributed by atoms with Gasteiger partial charge in [-0.05, 0) is 72.7 Å². The number of halogens is 2. The molecule has 5 rings (SSSR count). The first-order chi connectivity index (χ1) is 15.9. The molecule has 5 nitrogen and oxygen atoms in total. The summed E-state index contributed by atoms with van der Waals surface area (Å²) in [5.41, 5.74) is 3.79. The number of carbonyl (C=O) groups excluding carboxylic acids is 1. The van der Waals surface area contributed by atoms with Crippen molar-refractivity contribution >= 4 is 5.97 Å². The summed E-state index contributed by atoms with van der Waals surface area (Å²) in [6.07, 6.45) is 2.50. The fourth-order valence-electron chi connectivity index (χ4n) is 4.90. The molecule has 0 aliphatic heterocycles. The van der Waals surface area contributed by atoms with Gasteiger partial charge in [-0.1, -0.05) is 0 Å². The molecule has 0 bridgehead atoms. The molecule has 1 heterocycles. The van der Waals surface area contributed by atoms with E-state index in [4.69, 9.17) is 9.47 Å². The Morgan fingerprint density at radius 3 is 2.73 bits per heavy atom. The number of carbonyl (C=O) groups is 1. The Morgan fingerprint density at radius 1 is 1.15 bits per heavy atom. The van der Waals surface area contributed by atoms with Gasteiger partial charge in [0, 0.05) is 35.4 Å². The minimum Gasteiger partial charge on any atom is -0.508 e. The molecule has 7 heteroatoms. The van der Waals surface area contributed by atoms with Crippen LogP contribution in [0.2, 0.25) is 0 Å². The highest BCUT2D eigenvalue weighted by Crippen LogP contribution is 2.61. The van der Waals surface area contributed by atoms with Crippen LogP contribution in [0.5, 0.6) is 11.6 Å². The summed E-state index contributed by atoms with van der Waals surface area (Å²) in [4.78, 5) is 16.4. The van der Waals surface area contributed by atoms with Crippen LogP contribution in [0, 0.1) is 30.4 Å². The Labute approximate surface area is 190 Å². The van der Waals surface area contributed by atoms with Crippen molar-refractivity contribution in [3.63, 3.8) is 0 Å². The van der Waals surface area contributed by atoms with Crippen LogP contribution in [0.4, 0.5) is 8.78 Å². The van der Waals surface area contributed by atoms with Gasteiger partial charge in [0.15, 0.2) is 0 Å². The number of fused-ring (bicyclic) bond motifs is 3. The summed E-state index contributed by atoms with van der Waals surface area (Å²) in [5, 5.41) is 9.46. The van der Waals surface area contributed by atoms with Gasteiger partial charge in [0.2, 0.25) is 5.88 Å². The SMILES string of the molecule is CCOC(=O)[C@@H]1C2c3cnc(OCc4cc(-c5ccc(O)cc5F)c(C)cc4F)cc3C[C@H]21. The molecule has 0 radical (unpaired) electrons. The molecule has 3 aromatic rings. The van der Waals surface area contributed by atoms with Crippen molar-refractivity contribution in [2.24, 2.45) is 11.8 Å². The zero-order valence-corrected chi connectivity index (χ0v) is 18.3. The van der Waals surface area contributed by atoms with Gasteiger partial charge in [0.25, 0.3) is 0 Å². The van der Waals surface area contributed by atoms with Gasteiger partial charge in [-0.3, -0.25) is 4.79 Å². The second kappa shape index (κ2) is 8.14. The Kier molecular flexibility index (Phi) is 5.27. The molecule has 0 amide bonds. The molecule has 3 atom stereocenters. The van der Waals surface area contributed by atoms with E-state index in [0.29, 0.717) is 23.6 Å². The lowest BCUT2D eigenvalue weighted by Crippen LogP contribution is -2.11. The van der Waals surface area contributed by atoms with E-state index < -0.39 is 11.6 Å². The van der Waals surface area contributed by atoms with E-state index in [9.17, 15) is 18.7 Å². The van der Waals surface area contributed by atoms with Crippen LogP contribution in [0.15, 0.2) is 42.6 Å². The fourth-order valence-corrected chi connectivity index (χ4v) is 4.90. The largest absolute Gasteiger partial charge is 0.508 e. The Hall–Kier alpha value is -3.48. The number of ether oxygens (including phenoxy) is 2. The zero-order chi connectivity index (χ0) is 23.3. The molecule has 170 valence electrons. The van der Waals surface area contributed by atoms with Crippen LogP contribution >= 0.6 is 0 Å². The Bertz CT molecular complexity index is 1260. The molecular formula is C26H23F2NO4. The van der Waals surface area contributed by atoms with Crippen molar-refractivity contribution in [2.75, 3.05) is 6.61 Å². The van der Waals surface area contributed by atoms with Crippen molar-refractivity contribution in [3.8, 4) is 22.8 Å². The standard InChI is InChI=1S/C26H23F2NO4/c1-3-32-26(31)25-19-7-14-9-23(29-11-20(14)24(19)25)33-12-15-8-18(13(2)6-21(15)27)17-5-4-16(30)10-22(17)28/h4-6,8-11,19,24-25,30H,3,7,12H2,1-2H3/t19-,24?,25+/m1/s1. The van der Waals surface area contributed by atoms with Gasteiger partial charge in [-0.2, -0.15) is 0 Å². The molecule has 1 saturated carbocycles. The van der Waals surface area contributed by atoms with Crippen molar-refractivity contribution < 1.29 is 28.2 Å². The van der Waals surface area contributed by atoms with Crippen molar-refractivity contribution in [2.45, 2.75) is 32.8 Å². The highest BCUT2D eigenvalue weighted by Gasteiger charge is 2.60. The second-order valence-electron chi connectivity index (χ2n) is 8.60. The van der Waals surface area contributed by atoms with Crippen LogP contribution in [0.3, 0.4) is 0 Å². The zero-order valence-electron chi connectivity index (χ0n) is 18.3. The average molecular weight is 451 g/mol. The lowest BCUT2D eigenvalue weighted by molar-refractivity contribution is -0.145. The molecule has 2 aliphatic rings. The van der Waals surface area contributed by atoms with Gasteiger partial charge in [0.05, 0.1) is 12.5 Å². The predicted octanol–water partition coefficient (Wildman–Crippen LogP) is 5.07.